The largest absolute Gasteiger partial charge is 0.383 e. The van der Waals surface area contributed by atoms with E-state index in [2.05, 4.69) is 20.8 Å². The van der Waals surface area contributed by atoms with Crippen LogP contribution in [0.15, 0.2) is 29.4 Å². The molecule has 1 aromatic heterocycles. The summed E-state index contributed by atoms with van der Waals surface area (Å²) in [4.78, 5) is 24.4. The molecule has 1 aromatic carbocycles. The molecule has 2 rings (SSSR count). The number of nitrogens with one attached hydrogen (secondary N) is 2. The Morgan fingerprint density at radius 3 is 2.62 bits per heavy atom. The van der Waals surface area contributed by atoms with Gasteiger partial charge in [0.05, 0.1) is 18.4 Å². The average Bonchev–Trinajstić information content (AvgIpc) is 3.00. The molecule has 0 aliphatic rings. The van der Waals surface area contributed by atoms with Crippen molar-refractivity contribution in [1.29, 1.82) is 0 Å². The van der Waals surface area contributed by atoms with Crippen LogP contribution in [0.1, 0.15) is 33.3 Å². The normalized spacial score (nSPS) is 12.5. The van der Waals surface area contributed by atoms with E-state index in [1.807, 2.05) is 56.5 Å². The van der Waals surface area contributed by atoms with Crippen molar-refractivity contribution in [3.63, 3.8) is 0 Å². The lowest BCUT2D eigenvalue weighted by molar-refractivity contribution is -0.119. The molecule has 0 aliphatic carbocycles. The molecule has 2 N–H and O–H groups in total. The Kier molecular flexibility index (Phi) is 7.80. The van der Waals surface area contributed by atoms with Gasteiger partial charge >= 0.3 is 6.03 Å². The highest BCUT2D eigenvalue weighted by molar-refractivity contribution is 8.00. The van der Waals surface area contributed by atoms with Gasteiger partial charge in [0.15, 0.2) is 11.0 Å². The van der Waals surface area contributed by atoms with Crippen LogP contribution in [0.25, 0.3) is 11.4 Å². The Hall–Kier alpha value is -2.39. The molecule has 29 heavy (non-hydrogen) atoms. The van der Waals surface area contributed by atoms with Gasteiger partial charge in [-0.05, 0) is 40.7 Å². The number of aryl methyl sites for hydroxylation is 1. The number of urea groups is 1. The number of carbonyl (C=O) groups excluding carboxylic acids is 2. The molecule has 2 aromatic rings. The number of benzene rings is 1. The molecule has 3 amide bonds. The molecule has 0 aliphatic heterocycles. The number of imide groups is 1. The summed E-state index contributed by atoms with van der Waals surface area (Å²) in [5.74, 6) is 0.321. The van der Waals surface area contributed by atoms with E-state index in [0.717, 1.165) is 11.1 Å². The second kappa shape index (κ2) is 9.89. The van der Waals surface area contributed by atoms with E-state index in [-0.39, 0.29) is 0 Å². The van der Waals surface area contributed by atoms with E-state index in [9.17, 15) is 9.59 Å². The van der Waals surface area contributed by atoms with Crippen LogP contribution in [0.5, 0.6) is 0 Å². The number of thioether (sulfide) groups is 1. The number of aromatic nitrogens is 3. The number of rotatable bonds is 7. The molecular formula is C20H29N5O3S. The fourth-order valence-corrected chi connectivity index (χ4v) is 3.43. The minimum Gasteiger partial charge on any atom is -0.383 e. The summed E-state index contributed by atoms with van der Waals surface area (Å²) >= 11 is 1.25. The van der Waals surface area contributed by atoms with Crippen LogP contribution in [-0.4, -0.2) is 51.2 Å². The van der Waals surface area contributed by atoms with Crippen LogP contribution in [-0.2, 0) is 16.1 Å². The van der Waals surface area contributed by atoms with Crippen LogP contribution in [0.4, 0.5) is 4.79 Å². The van der Waals surface area contributed by atoms with Crippen molar-refractivity contribution < 1.29 is 14.3 Å². The molecule has 0 saturated carbocycles. The second-order valence-corrected chi connectivity index (χ2v) is 9.08. The van der Waals surface area contributed by atoms with E-state index in [1.165, 1.54) is 11.8 Å². The number of methoxy groups -OCH3 is 1. The van der Waals surface area contributed by atoms with Crippen LogP contribution >= 0.6 is 11.8 Å². The molecular weight excluding hydrogens is 390 g/mol. The lowest BCUT2D eigenvalue weighted by atomic mass is 10.1. The van der Waals surface area contributed by atoms with Gasteiger partial charge in [0.25, 0.3) is 0 Å². The highest BCUT2D eigenvalue weighted by Gasteiger charge is 2.23. The van der Waals surface area contributed by atoms with Crippen molar-refractivity contribution in [1.82, 2.24) is 25.4 Å². The lowest BCUT2D eigenvalue weighted by Gasteiger charge is -2.21. The van der Waals surface area contributed by atoms with E-state index in [0.29, 0.717) is 24.1 Å². The third-order valence-electron chi connectivity index (χ3n) is 3.89. The van der Waals surface area contributed by atoms with E-state index >= 15 is 0 Å². The topological polar surface area (TPSA) is 98.1 Å². The number of nitrogens with zero attached hydrogens (tertiary/aromatic N) is 3. The standard InChI is InChI=1S/C20H29N5O3S/c1-13-8-7-9-15(12-13)16-23-24-19(25(16)10-11-28-6)29-14(2)17(26)21-18(27)22-20(3,4)5/h7-9,12,14H,10-11H2,1-6H3,(H2,21,22,26,27)/t14-/m0/s1. The molecule has 8 nitrogen and oxygen atoms in total. The molecule has 0 fully saturated rings. The summed E-state index contributed by atoms with van der Waals surface area (Å²) < 4.78 is 7.15. The zero-order valence-electron chi connectivity index (χ0n) is 17.8. The minimum atomic E-state index is -0.531. The van der Waals surface area contributed by atoms with Crippen LogP contribution < -0.4 is 10.6 Å². The summed E-state index contributed by atoms with van der Waals surface area (Å²) in [5.41, 5.74) is 1.64. The lowest BCUT2D eigenvalue weighted by Crippen LogP contribution is -2.49. The predicted octanol–water partition coefficient (Wildman–Crippen LogP) is 3.00. The van der Waals surface area contributed by atoms with Crippen molar-refractivity contribution in [2.45, 2.75) is 57.1 Å². The van der Waals surface area contributed by atoms with Crippen molar-refractivity contribution >= 4 is 23.7 Å². The second-order valence-electron chi connectivity index (χ2n) is 7.77. The van der Waals surface area contributed by atoms with Gasteiger partial charge in [-0.15, -0.1) is 10.2 Å². The van der Waals surface area contributed by atoms with Gasteiger partial charge in [-0.25, -0.2) is 4.79 Å². The highest BCUT2D eigenvalue weighted by Crippen LogP contribution is 2.27. The fourth-order valence-electron chi connectivity index (χ4n) is 2.55. The molecule has 158 valence electrons. The Morgan fingerprint density at radius 2 is 2.00 bits per heavy atom. The van der Waals surface area contributed by atoms with Gasteiger partial charge in [0, 0.05) is 18.2 Å². The molecule has 1 heterocycles. The van der Waals surface area contributed by atoms with Crippen molar-refractivity contribution in [3.05, 3.63) is 29.8 Å². The Morgan fingerprint density at radius 1 is 1.28 bits per heavy atom. The molecule has 9 heteroatoms. The first-order chi connectivity index (χ1) is 13.6. The molecule has 0 spiro atoms. The number of carbonyl (C=O) groups is 2. The maximum absolute atomic E-state index is 12.4. The zero-order chi connectivity index (χ0) is 21.6. The predicted molar refractivity (Wildman–Crippen MR) is 114 cm³/mol. The summed E-state index contributed by atoms with van der Waals surface area (Å²) in [5, 5.41) is 13.7. The Balaban J connectivity index is 2.17. The number of ether oxygens (including phenoxy) is 1. The summed E-state index contributed by atoms with van der Waals surface area (Å²) in [7, 11) is 1.63. The Labute approximate surface area is 175 Å². The smallest absolute Gasteiger partial charge is 0.321 e. The first-order valence-electron chi connectivity index (χ1n) is 9.39. The van der Waals surface area contributed by atoms with Crippen molar-refractivity contribution in [3.8, 4) is 11.4 Å². The van der Waals surface area contributed by atoms with Gasteiger partial charge in [0.2, 0.25) is 5.91 Å². The summed E-state index contributed by atoms with van der Waals surface area (Å²) in [6.07, 6.45) is 0. The first-order valence-corrected chi connectivity index (χ1v) is 10.3. The minimum absolute atomic E-state index is 0.393. The van der Waals surface area contributed by atoms with Crippen LogP contribution in [0.2, 0.25) is 0 Å². The third-order valence-corrected chi connectivity index (χ3v) is 4.97. The molecule has 0 unspecified atom stereocenters. The first kappa shape index (κ1) is 22.9. The monoisotopic (exact) mass is 419 g/mol. The maximum Gasteiger partial charge on any atom is 0.321 e. The van der Waals surface area contributed by atoms with Crippen LogP contribution in [0.3, 0.4) is 0 Å². The highest BCUT2D eigenvalue weighted by atomic mass is 32.2. The quantitative estimate of drug-likeness (QED) is 0.670. The molecule has 0 bridgehead atoms. The zero-order valence-corrected chi connectivity index (χ0v) is 18.6. The van der Waals surface area contributed by atoms with Gasteiger partial charge in [-0.1, -0.05) is 35.5 Å². The fraction of sp³-hybridized carbons (Fsp3) is 0.500. The van der Waals surface area contributed by atoms with Gasteiger partial charge < -0.3 is 10.1 Å². The SMILES string of the molecule is COCCn1c(S[C@@H](C)C(=O)NC(=O)NC(C)(C)C)nnc1-c1cccc(C)c1. The molecule has 1 atom stereocenters. The Bertz CT molecular complexity index is 860. The molecule has 0 saturated heterocycles. The summed E-state index contributed by atoms with van der Waals surface area (Å²) in [6, 6.07) is 7.48. The number of amides is 3. The van der Waals surface area contributed by atoms with Gasteiger partial charge in [-0.3, -0.25) is 14.7 Å². The summed E-state index contributed by atoms with van der Waals surface area (Å²) in [6.45, 7) is 10.3. The maximum atomic E-state index is 12.4. The number of hydrogen-bond acceptors (Lipinski definition) is 6. The third kappa shape index (κ3) is 6.86. The molecule has 0 radical (unpaired) electrons. The van der Waals surface area contributed by atoms with Gasteiger partial charge in [0.1, 0.15) is 0 Å². The number of hydrogen-bond donors (Lipinski definition) is 2. The van der Waals surface area contributed by atoms with E-state index in [4.69, 9.17) is 4.74 Å². The van der Waals surface area contributed by atoms with Crippen molar-refractivity contribution in [2.75, 3.05) is 13.7 Å². The average molecular weight is 420 g/mol. The van der Waals surface area contributed by atoms with Crippen LogP contribution in [0, 0.1) is 6.92 Å². The van der Waals surface area contributed by atoms with E-state index in [1.54, 1.807) is 14.0 Å². The van der Waals surface area contributed by atoms with Crippen molar-refractivity contribution in [2.24, 2.45) is 0 Å². The van der Waals surface area contributed by atoms with E-state index < -0.39 is 22.7 Å². The van der Waals surface area contributed by atoms with Gasteiger partial charge in [-0.2, -0.15) is 0 Å².